The Morgan fingerprint density at radius 1 is 1.20 bits per heavy atom. The molecule has 0 aliphatic rings. The molecule has 0 aliphatic heterocycles. The lowest BCUT2D eigenvalue weighted by Crippen LogP contribution is -1.99. The summed E-state index contributed by atoms with van der Waals surface area (Å²) >= 11 is 1.61. The highest BCUT2D eigenvalue weighted by molar-refractivity contribution is 7.15. The molecule has 20 heavy (non-hydrogen) atoms. The second kappa shape index (κ2) is 5.83. The van der Waals surface area contributed by atoms with Gasteiger partial charge in [-0.15, -0.1) is 10.2 Å². The maximum atomic E-state index is 4.11. The van der Waals surface area contributed by atoms with Gasteiger partial charge in [0.1, 0.15) is 5.01 Å². The van der Waals surface area contributed by atoms with Crippen LogP contribution in [0.4, 0.5) is 5.13 Å². The van der Waals surface area contributed by atoms with Crippen LogP contribution in [0.25, 0.3) is 5.69 Å². The van der Waals surface area contributed by atoms with Crippen molar-refractivity contribution in [1.29, 1.82) is 0 Å². The number of rotatable bonds is 5. The van der Waals surface area contributed by atoms with E-state index in [1.807, 2.05) is 10.8 Å². The van der Waals surface area contributed by atoms with Crippen LogP contribution in [0.2, 0.25) is 0 Å². The predicted octanol–water partition coefficient (Wildman–Crippen LogP) is 2.90. The Balaban J connectivity index is 1.63. The maximum absolute atomic E-state index is 4.11. The number of nitrogens with one attached hydrogen (secondary N) is 1. The van der Waals surface area contributed by atoms with Crippen LogP contribution in [-0.4, -0.2) is 19.7 Å². The van der Waals surface area contributed by atoms with E-state index in [1.165, 1.54) is 5.56 Å². The van der Waals surface area contributed by atoms with Crippen molar-refractivity contribution in [2.45, 2.75) is 19.9 Å². The van der Waals surface area contributed by atoms with Gasteiger partial charge < -0.3 is 9.88 Å². The fraction of sp³-hybridized carbons (Fsp3) is 0.214. The van der Waals surface area contributed by atoms with Gasteiger partial charge in [-0.2, -0.15) is 0 Å². The third kappa shape index (κ3) is 2.85. The van der Waals surface area contributed by atoms with E-state index < -0.39 is 0 Å². The second-order valence-corrected chi connectivity index (χ2v) is 5.41. The predicted molar refractivity (Wildman–Crippen MR) is 80.2 cm³/mol. The number of imidazole rings is 1. The summed E-state index contributed by atoms with van der Waals surface area (Å²) in [4.78, 5) is 4.04. The summed E-state index contributed by atoms with van der Waals surface area (Å²) in [7, 11) is 0. The third-order valence-electron chi connectivity index (χ3n) is 2.95. The Morgan fingerprint density at radius 3 is 2.70 bits per heavy atom. The van der Waals surface area contributed by atoms with E-state index in [9.17, 15) is 0 Å². The Kier molecular flexibility index (Phi) is 3.73. The van der Waals surface area contributed by atoms with E-state index in [0.717, 1.165) is 28.8 Å². The van der Waals surface area contributed by atoms with Gasteiger partial charge in [-0.3, -0.25) is 0 Å². The first-order valence-corrected chi connectivity index (χ1v) is 7.30. The van der Waals surface area contributed by atoms with Gasteiger partial charge in [0.2, 0.25) is 5.13 Å². The van der Waals surface area contributed by atoms with Crippen molar-refractivity contribution in [2.75, 3.05) is 5.32 Å². The second-order valence-electron chi connectivity index (χ2n) is 4.34. The van der Waals surface area contributed by atoms with Crippen LogP contribution < -0.4 is 5.32 Å². The van der Waals surface area contributed by atoms with Crippen LogP contribution >= 0.6 is 11.3 Å². The highest BCUT2D eigenvalue weighted by atomic mass is 32.1. The topological polar surface area (TPSA) is 55.6 Å². The first kappa shape index (κ1) is 12.8. The third-order valence-corrected chi connectivity index (χ3v) is 3.98. The summed E-state index contributed by atoms with van der Waals surface area (Å²) in [5.74, 6) is 0. The Bertz CT molecular complexity index is 657. The molecule has 5 nitrogen and oxygen atoms in total. The summed E-state index contributed by atoms with van der Waals surface area (Å²) in [6, 6.07) is 8.36. The molecule has 0 saturated heterocycles. The molecule has 3 aromatic rings. The number of hydrogen-bond acceptors (Lipinski definition) is 5. The smallest absolute Gasteiger partial charge is 0.205 e. The molecule has 0 bridgehead atoms. The van der Waals surface area contributed by atoms with E-state index >= 15 is 0 Å². The van der Waals surface area contributed by atoms with Gasteiger partial charge in [-0.05, 0) is 24.1 Å². The summed E-state index contributed by atoms with van der Waals surface area (Å²) < 4.78 is 1.98. The van der Waals surface area contributed by atoms with Gasteiger partial charge in [0, 0.05) is 24.6 Å². The molecule has 0 fully saturated rings. The molecule has 0 spiro atoms. The summed E-state index contributed by atoms with van der Waals surface area (Å²) in [5.41, 5.74) is 2.32. The van der Waals surface area contributed by atoms with Crippen LogP contribution in [0.5, 0.6) is 0 Å². The SMILES string of the molecule is CCc1nnc(NCc2ccc(-n3ccnc3)cc2)s1. The molecule has 102 valence electrons. The lowest BCUT2D eigenvalue weighted by atomic mass is 10.2. The summed E-state index contributed by atoms with van der Waals surface area (Å²) in [6.45, 7) is 2.83. The molecule has 0 atom stereocenters. The summed E-state index contributed by atoms with van der Waals surface area (Å²) in [6.07, 6.45) is 6.43. The minimum Gasteiger partial charge on any atom is -0.356 e. The molecule has 0 amide bonds. The van der Waals surface area contributed by atoms with Crippen LogP contribution in [0.1, 0.15) is 17.5 Å². The maximum Gasteiger partial charge on any atom is 0.205 e. The van der Waals surface area contributed by atoms with Gasteiger partial charge in [0.25, 0.3) is 0 Å². The van der Waals surface area contributed by atoms with Gasteiger partial charge >= 0.3 is 0 Å². The summed E-state index contributed by atoms with van der Waals surface area (Å²) in [5, 5.41) is 13.4. The number of nitrogens with zero attached hydrogens (tertiary/aromatic N) is 4. The van der Waals surface area contributed by atoms with Crippen molar-refractivity contribution in [2.24, 2.45) is 0 Å². The standard InChI is InChI=1S/C14H15N5S/c1-2-13-17-18-14(20-13)16-9-11-3-5-12(6-4-11)19-8-7-15-10-19/h3-8,10H,2,9H2,1H3,(H,16,18). The van der Waals surface area contributed by atoms with Gasteiger partial charge in [-0.1, -0.05) is 30.4 Å². The number of benzene rings is 1. The molecular formula is C14H15N5S. The number of aryl methyl sites for hydroxylation is 1. The lowest BCUT2D eigenvalue weighted by molar-refractivity contribution is 0.975. The monoisotopic (exact) mass is 285 g/mol. The van der Waals surface area contributed by atoms with Crippen LogP contribution in [0.3, 0.4) is 0 Å². The van der Waals surface area contributed by atoms with Gasteiger partial charge in [-0.25, -0.2) is 4.98 Å². The average Bonchev–Trinajstić information content (AvgIpc) is 3.17. The van der Waals surface area contributed by atoms with Crippen LogP contribution in [0.15, 0.2) is 43.0 Å². The van der Waals surface area contributed by atoms with E-state index in [-0.39, 0.29) is 0 Å². The van der Waals surface area contributed by atoms with Gasteiger partial charge in [0.05, 0.1) is 6.33 Å². The molecular weight excluding hydrogens is 270 g/mol. The Hall–Kier alpha value is -2.21. The molecule has 0 aliphatic carbocycles. The zero-order valence-corrected chi connectivity index (χ0v) is 12.0. The van der Waals surface area contributed by atoms with E-state index in [4.69, 9.17) is 0 Å². The Labute approximate surface area is 121 Å². The first-order valence-electron chi connectivity index (χ1n) is 6.48. The minimum absolute atomic E-state index is 0.753. The van der Waals surface area contributed by atoms with Crippen molar-refractivity contribution < 1.29 is 0 Å². The fourth-order valence-electron chi connectivity index (χ4n) is 1.84. The quantitative estimate of drug-likeness (QED) is 0.783. The van der Waals surface area contributed by atoms with Crippen molar-refractivity contribution in [3.8, 4) is 5.69 Å². The van der Waals surface area contributed by atoms with E-state index in [1.54, 1.807) is 23.9 Å². The molecule has 0 radical (unpaired) electrons. The number of aromatic nitrogens is 4. The lowest BCUT2D eigenvalue weighted by Gasteiger charge is -2.05. The minimum atomic E-state index is 0.753. The fourth-order valence-corrected chi connectivity index (χ4v) is 2.52. The molecule has 0 saturated carbocycles. The van der Waals surface area contributed by atoms with Crippen LogP contribution in [-0.2, 0) is 13.0 Å². The molecule has 2 aromatic heterocycles. The molecule has 1 aromatic carbocycles. The molecule has 1 N–H and O–H groups in total. The highest BCUT2D eigenvalue weighted by Gasteiger charge is 2.02. The molecule has 2 heterocycles. The zero-order valence-electron chi connectivity index (χ0n) is 11.2. The van der Waals surface area contributed by atoms with E-state index in [0.29, 0.717) is 0 Å². The molecule has 3 rings (SSSR count). The highest BCUT2D eigenvalue weighted by Crippen LogP contribution is 2.17. The zero-order chi connectivity index (χ0) is 13.8. The average molecular weight is 285 g/mol. The van der Waals surface area contributed by atoms with Gasteiger partial charge in [0.15, 0.2) is 0 Å². The van der Waals surface area contributed by atoms with Crippen molar-refractivity contribution >= 4 is 16.5 Å². The van der Waals surface area contributed by atoms with Crippen molar-refractivity contribution in [1.82, 2.24) is 19.7 Å². The molecule has 6 heteroatoms. The van der Waals surface area contributed by atoms with E-state index in [2.05, 4.69) is 51.7 Å². The number of hydrogen-bond donors (Lipinski definition) is 1. The number of anilines is 1. The van der Waals surface area contributed by atoms with Crippen molar-refractivity contribution in [3.63, 3.8) is 0 Å². The van der Waals surface area contributed by atoms with Crippen LogP contribution in [0, 0.1) is 0 Å². The van der Waals surface area contributed by atoms with Crippen molar-refractivity contribution in [3.05, 3.63) is 53.6 Å². The first-order chi connectivity index (χ1) is 9.85. The molecule has 0 unspecified atom stereocenters. The largest absolute Gasteiger partial charge is 0.356 e. The Morgan fingerprint density at radius 2 is 2.05 bits per heavy atom. The normalized spacial score (nSPS) is 10.7.